The van der Waals surface area contributed by atoms with Gasteiger partial charge in [0.1, 0.15) is 12.4 Å². The molecule has 0 spiro atoms. The molecule has 2 amide bonds. The van der Waals surface area contributed by atoms with Crippen molar-refractivity contribution < 1.29 is 9.59 Å². The Hall–Kier alpha value is -3.16. The molecule has 136 valence electrons. The van der Waals surface area contributed by atoms with Crippen molar-refractivity contribution in [3.8, 4) is 0 Å². The van der Waals surface area contributed by atoms with Gasteiger partial charge in [0.05, 0.1) is 11.2 Å². The highest BCUT2D eigenvalue weighted by molar-refractivity contribution is 6.01. The number of rotatable bonds is 6. The van der Waals surface area contributed by atoms with Gasteiger partial charge in [0.25, 0.3) is 0 Å². The molecule has 3 aromatic rings. The fourth-order valence-electron chi connectivity index (χ4n) is 2.81. The Labute approximate surface area is 151 Å². The van der Waals surface area contributed by atoms with Crippen molar-refractivity contribution in [2.24, 2.45) is 5.92 Å². The summed E-state index contributed by atoms with van der Waals surface area (Å²) in [6.45, 7) is 5.77. The summed E-state index contributed by atoms with van der Waals surface area (Å²) in [5.74, 6) is 1.13. The summed E-state index contributed by atoms with van der Waals surface area (Å²) in [7, 11) is 0. The lowest BCUT2D eigenvalue weighted by Gasteiger charge is -2.07. The topological polar surface area (TPSA) is 105 Å². The van der Waals surface area contributed by atoms with E-state index in [1.807, 2.05) is 35.0 Å². The molecule has 0 saturated carbocycles. The average Bonchev–Trinajstić information content (AvgIpc) is 3.14. The van der Waals surface area contributed by atoms with Gasteiger partial charge in [-0.25, -0.2) is 0 Å². The zero-order chi connectivity index (χ0) is 18.7. The minimum absolute atomic E-state index is 0.126. The van der Waals surface area contributed by atoms with Crippen molar-refractivity contribution in [3.05, 3.63) is 36.3 Å². The number of anilines is 2. The standard InChI is InChI=1S/C18H22N6O2/c1-11(2)9-16-20-18(23-22-16)21-17(26)10-24-8-7-13-14(19-12(3)25)5-4-6-15(13)24/h4-8,11H,9-10H2,1-3H3,(H,19,25)(H2,20,21,22,23,26). The van der Waals surface area contributed by atoms with Crippen molar-refractivity contribution in [2.45, 2.75) is 33.7 Å². The van der Waals surface area contributed by atoms with Gasteiger partial charge in [0.2, 0.25) is 17.8 Å². The lowest BCUT2D eigenvalue weighted by atomic mass is 10.1. The van der Waals surface area contributed by atoms with Gasteiger partial charge in [0.15, 0.2) is 0 Å². The Morgan fingerprint density at radius 1 is 1.23 bits per heavy atom. The average molecular weight is 354 g/mol. The fraction of sp³-hybridized carbons (Fsp3) is 0.333. The summed E-state index contributed by atoms with van der Waals surface area (Å²) in [5, 5.41) is 13.2. The Kier molecular flexibility index (Phi) is 5.01. The number of aromatic amines is 1. The highest BCUT2D eigenvalue weighted by atomic mass is 16.2. The number of H-pyrrole nitrogens is 1. The molecule has 0 atom stereocenters. The number of carbonyl (C=O) groups excluding carboxylic acids is 2. The molecule has 3 rings (SSSR count). The highest BCUT2D eigenvalue weighted by Crippen LogP contribution is 2.24. The van der Waals surface area contributed by atoms with Gasteiger partial charge in [-0.1, -0.05) is 19.9 Å². The van der Waals surface area contributed by atoms with Crippen LogP contribution in [0.1, 0.15) is 26.6 Å². The van der Waals surface area contributed by atoms with E-state index in [-0.39, 0.29) is 24.3 Å². The predicted octanol–water partition coefficient (Wildman–Crippen LogP) is 2.56. The Morgan fingerprint density at radius 2 is 2.04 bits per heavy atom. The number of nitrogens with zero attached hydrogens (tertiary/aromatic N) is 3. The van der Waals surface area contributed by atoms with E-state index < -0.39 is 0 Å². The second-order valence-corrected chi connectivity index (χ2v) is 6.62. The van der Waals surface area contributed by atoms with Crippen molar-refractivity contribution in [1.29, 1.82) is 0 Å². The molecule has 0 aliphatic carbocycles. The Morgan fingerprint density at radius 3 is 2.77 bits per heavy atom. The summed E-state index contributed by atoms with van der Waals surface area (Å²) in [6.07, 6.45) is 2.59. The van der Waals surface area contributed by atoms with Crippen LogP contribution in [0.25, 0.3) is 10.9 Å². The monoisotopic (exact) mass is 354 g/mol. The minimum atomic E-state index is -0.220. The van der Waals surface area contributed by atoms with Crippen LogP contribution < -0.4 is 10.6 Å². The van der Waals surface area contributed by atoms with E-state index in [2.05, 4.69) is 39.7 Å². The van der Waals surface area contributed by atoms with Crippen molar-refractivity contribution in [1.82, 2.24) is 19.7 Å². The molecule has 26 heavy (non-hydrogen) atoms. The molecule has 3 N–H and O–H groups in total. The lowest BCUT2D eigenvalue weighted by Crippen LogP contribution is -2.19. The largest absolute Gasteiger partial charge is 0.338 e. The minimum Gasteiger partial charge on any atom is -0.338 e. The number of amides is 2. The van der Waals surface area contributed by atoms with Crippen LogP contribution in [0.15, 0.2) is 30.5 Å². The van der Waals surface area contributed by atoms with Crippen molar-refractivity contribution in [2.75, 3.05) is 10.6 Å². The molecular weight excluding hydrogens is 332 g/mol. The van der Waals surface area contributed by atoms with Crippen LogP contribution >= 0.6 is 0 Å². The first kappa shape index (κ1) is 17.7. The number of nitrogens with one attached hydrogen (secondary N) is 3. The third kappa shape index (κ3) is 4.08. The fourth-order valence-corrected chi connectivity index (χ4v) is 2.81. The van der Waals surface area contributed by atoms with Gasteiger partial charge in [0, 0.05) is 24.9 Å². The van der Waals surface area contributed by atoms with Crippen LogP contribution in [0, 0.1) is 5.92 Å². The first-order valence-electron chi connectivity index (χ1n) is 8.49. The molecule has 0 fully saturated rings. The maximum Gasteiger partial charge on any atom is 0.248 e. The Bertz CT molecular complexity index is 940. The van der Waals surface area contributed by atoms with Gasteiger partial charge < -0.3 is 9.88 Å². The molecule has 8 nitrogen and oxygen atoms in total. The first-order chi connectivity index (χ1) is 12.4. The van der Waals surface area contributed by atoms with E-state index in [4.69, 9.17) is 0 Å². The summed E-state index contributed by atoms with van der Waals surface area (Å²) in [6, 6.07) is 7.45. The van der Waals surface area contributed by atoms with E-state index in [0.29, 0.717) is 5.92 Å². The smallest absolute Gasteiger partial charge is 0.248 e. The zero-order valence-electron chi connectivity index (χ0n) is 15.0. The SMILES string of the molecule is CC(=O)Nc1cccc2c1ccn2CC(=O)Nc1n[nH]c(CC(C)C)n1. The first-order valence-corrected chi connectivity index (χ1v) is 8.49. The number of benzene rings is 1. The normalized spacial score (nSPS) is 11.1. The van der Waals surface area contributed by atoms with E-state index in [9.17, 15) is 9.59 Å². The molecule has 2 heterocycles. The second-order valence-electron chi connectivity index (χ2n) is 6.62. The molecule has 0 radical (unpaired) electrons. The molecule has 0 saturated heterocycles. The second kappa shape index (κ2) is 7.38. The predicted molar refractivity (Wildman–Crippen MR) is 99.8 cm³/mol. The van der Waals surface area contributed by atoms with Crippen molar-refractivity contribution >= 4 is 34.4 Å². The van der Waals surface area contributed by atoms with Gasteiger partial charge in [-0.2, -0.15) is 4.98 Å². The number of aromatic nitrogens is 4. The molecule has 0 bridgehead atoms. The van der Waals surface area contributed by atoms with Crippen LogP contribution in [0.3, 0.4) is 0 Å². The zero-order valence-corrected chi connectivity index (χ0v) is 15.0. The van der Waals surface area contributed by atoms with Gasteiger partial charge in [-0.3, -0.25) is 20.0 Å². The quantitative estimate of drug-likeness (QED) is 0.632. The summed E-state index contributed by atoms with van der Waals surface area (Å²) >= 11 is 0. The third-order valence-electron chi connectivity index (χ3n) is 3.82. The van der Waals surface area contributed by atoms with Crippen molar-refractivity contribution in [3.63, 3.8) is 0 Å². The van der Waals surface area contributed by atoms with E-state index in [1.54, 1.807) is 0 Å². The number of fused-ring (bicyclic) bond motifs is 1. The van der Waals surface area contributed by atoms with Crippen LogP contribution in [-0.2, 0) is 22.6 Å². The Balaban J connectivity index is 1.71. The molecular formula is C18H22N6O2. The highest BCUT2D eigenvalue weighted by Gasteiger charge is 2.12. The molecule has 0 aliphatic rings. The number of hydrogen-bond donors (Lipinski definition) is 3. The van der Waals surface area contributed by atoms with Gasteiger partial charge in [-0.05, 0) is 24.1 Å². The van der Waals surface area contributed by atoms with E-state index >= 15 is 0 Å². The van der Waals surface area contributed by atoms with E-state index in [0.717, 1.165) is 28.8 Å². The maximum atomic E-state index is 12.3. The number of carbonyl (C=O) groups is 2. The van der Waals surface area contributed by atoms with Gasteiger partial charge >= 0.3 is 0 Å². The molecule has 2 aromatic heterocycles. The maximum absolute atomic E-state index is 12.3. The summed E-state index contributed by atoms with van der Waals surface area (Å²) < 4.78 is 1.82. The summed E-state index contributed by atoms with van der Waals surface area (Å²) in [5.41, 5.74) is 1.59. The van der Waals surface area contributed by atoms with Crippen LogP contribution in [-0.4, -0.2) is 31.6 Å². The van der Waals surface area contributed by atoms with Crippen LogP contribution in [0.4, 0.5) is 11.6 Å². The summed E-state index contributed by atoms with van der Waals surface area (Å²) in [4.78, 5) is 27.9. The molecule has 8 heteroatoms. The molecule has 0 aliphatic heterocycles. The van der Waals surface area contributed by atoms with Gasteiger partial charge in [-0.15, -0.1) is 5.10 Å². The molecule has 0 unspecified atom stereocenters. The molecule has 1 aromatic carbocycles. The third-order valence-corrected chi connectivity index (χ3v) is 3.82. The number of hydrogen-bond acceptors (Lipinski definition) is 4. The van der Waals surface area contributed by atoms with E-state index in [1.165, 1.54) is 6.92 Å². The van der Waals surface area contributed by atoms with Crippen LogP contribution in [0.5, 0.6) is 0 Å². The lowest BCUT2D eigenvalue weighted by molar-refractivity contribution is -0.117. The van der Waals surface area contributed by atoms with Crippen LogP contribution in [0.2, 0.25) is 0 Å².